The van der Waals surface area contributed by atoms with Gasteiger partial charge in [0, 0.05) is 13.0 Å². The molecular formula is C17H22N4O3. The molecule has 0 spiro atoms. The number of para-hydroxylation sites is 2. The van der Waals surface area contributed by atoms with Crippen LogP contribution >= 0.6 is 0 Å². The second kappa shape index (κ2) is 6.14. The summed E-state index contributed by atoms with van der Waals surface area (Å²) >= 11 is 0. The third-order valence-electron chi connectivity index (χ3n) is 3.64. The molecule has 24 heavy (non-hydrogen) atoms. The molecule has 2 heterocycles. The first-order valence-corrected chi connectivity index (χ1v) is 7.99. The standard InChI is InChI=1S/C17H22N4O3/c1-17(2,3)24-16(22)21-9-8-11(10-21)23-15-14(18)19-12-6-4-5-7-13(12)20-15/h4-7,11H,8-10H2,1-3H3,(H2,18,19)/t11-/m0/s1. The van der Waals surface area contributed by atoms with Crippen molar-refractivity contribution in [1.82, 2.24) is 14.9 Å². The van der Waals surface area contributed by atoms with Crippen LogP contribution in [0.4, 0.5) is 10.6 Å². The van der Waals surface area contributed by atoms with E-state index in [1.54, 1.807) is 4.90 Å². The molecule has 1 aromatic carbocycles. The number of carbonyl (C=O) groups is 1. The van der Waals surface area contributed by atoms with Crippen molar-refractivity contribution in [2.24, 2.45) is 0 Å². The van der Waals surface area contributed by atoms with Crippen molar-refractivity contribution >= 4 is 22.9 Å². The summed E-state index contributed by atoms with van der Waals surface area (Å²) < 4.78 is 11.3. The fraction of sp³-hybridized carbons (Fsp3) is 0.471. The molecule has 128 valence electrons. The van der Waals surface area contributed by atoms with Crippen LogP contribution in [-0.4, -0.2) is 45.8 Å². The van der Waals surface area contributed by atoms with Crippen LogP contribution in [0, 0.1) is 0 Å². The first-order chi connectivity index (χ1) is 11.3. The lowest BCUT2D eigenvalue weighted by Crippen LogP contribution is -2.36. The number of ether oxygens (including phenoxy) is 2. The summed E-state index contributed by atoms with van der Waals surface area (Å²) in [5.41, 5.74) is 6.88. The third kappa shape index (κ3) is 3.67. The van der Waals surface area contributed by atoms with Crippen molar-refractivity contribution < 1.29 is 14.3 Å². The number of hydrogen-bond acceptors (Lipinski definition) is 6. The number of likely N-dealkylation sites (tertiary alicyclic amines) is 1. The second-order valence-electron chi connectivity index (χ2n) is 6.86. The lowest BCUT2D eigenvalue weighted by atomic mass is 10.2. The van der Waals surface area contributed by atoms with E-state index in [1.807, 2.05) is 45.0 Å². The number of anilines is 1. The Balaban J connectivity index is 1.67. The minimum absolute atomic E-state index is 0.171. The maximum absolute atomic E-state index is 12.1. The van der Waals surface area contributed by atoms with Gasteiger partial charge in [-0.25, -0.2) is 14.8 Å². The van der Waals surface area contributed by atoms with Crippen LogP contribution in [0.2, 0.25) is 0 Å². The molecule has 1 aliphatic heterocycles. The van der Waals surface area contributed by atoms with Crippen molar-refractivity contribution in [2.45, 2.75) is 38.9 Å². The lowest BCUT2D eigenvalue weighted by molar-refractivity contribution is 0.0275. The van der Waals surface area contributed by atoms with Crippen LogP contribution in [0.25, 0.3) is 11.0 Å². The smallest absolute Gasteiger partial charge is 0.410 e. The highest BCUT2D eigenvalue weighted by molar-refractivity contribution is 5.76. The van der Waals surface area contributed by atoms with E-state index in [1.165, 1.54) is 0 Å². The van der Waals surface area contributed by atoms with Crippen molar-refractivity contribution in [1.29, 1.82) is 0 Å². The Bertz CT molecular complexity index is 757. The van der Waals surface area contributed by atoms with Crippen molar-refractivity contribution in [3.05, 3.63) is 24.3 Å². The van der Waals surface area contributed by atoms with Crippen molar-refractivity contribution in [3.63, 3.8) is 0 Å². The van der Waals surface area contributed by atoms with E-state index < -0.39 is 5.60 Å². The van der Waals surface area contributed by atoms with Crippen LogP contribution in [0.1, 0.15) is 27.2 Å². The molecule has 2 aromatic rings. The Labute approximate surface area is 140 Å². The zero-order chi connectivity index (χ0) is 17.3. The van der Waals surface area contributed by atoms with Crippen LogP contribution in [-0.2, 0) is 4.74 Å². The number of nitrogen functional groups attached to an aromatic ring is 1. The van der Waals surface area contributed by atoms with Crippen LogP contribution in [0.3, 0.4) is 0 Å². The number of fused-ring (bicyclic) bond motifs is 1. The van der Waals surface area contributed by atoms with Gasteiger partial charge in [-0.1, -0.05) is 12.1 Å². The number of aromatic nitrogens is 2. The summed E-state index contributed by atoms with van der Waals surface area (Å²) in [5, 5.41) is 0. The molecule has 1 aliphatic rings. The molecule has 1 amide bonds. The van der Waals surface area contributed by atoms with Gasteiger partial charge in [0.1, 0.15) is 11.7 Å². The van der Waals surface area contributed by atoms with Crippen molar-refractivity contribution in [3.8, 4) is 5.88 Å². The molecule has 0 bridgehead atoms. The van der Waals surface area contributed by atoms with E-state index in [0.29, 0.717) is 25.4 Å². The predicted octanol–water partition coefficient (Wildman–Crippen LogP) is 2.60. The molecule has 1 fully saturated rings. The topological polar surface area (TPSA) is 90.6 Å². The van der Waals surface area contributed by atoms with E-state index in [-0.39, 0.29) is 18.0 Å². The predicted molar refractivity (Wildman–Crippen MR) is 90.8 cm³/mol. The van der Waals surface area contributed by atoms with Gasteiger partial charge in [0.2, 0.25) is 0 Å². The molecule has 2 N–H and O–H groups in total. The molecule has 1 aromatic heterocycles. The number of nitrogens with zero attached hydrogens (tertiary/aromatic N) is 3. The molecule has 1 atom stereocenters. The van der Waals surface area contributed by atoms with Gasteiger partial charge in [0.25, 0.3) is 5.88 Å². The molecule has 0 saturated carbocycles. The highest BCUT2D eigenvalue weighted by Gasteiger charge is 2.31. The quantitative estimate of drug-likeness (QED) is 0.910. The van der Waals surface area contributed by atoms with Crippen LogP contribution in [0.15, 0.2) is 24.3 Å². The van der Waals surface area contributed by atoms with Crippen LogP contribution < -0.4 is 10.5 Å². The number of rotatable bonds is 2. The first kappa shape index (κ1) is 16.3. The van der Waals surface area contributed by atoms with E-state index >= 15 is 0 Å². The van der Waals surface area contributed by atoms with Gasteiger partial charge >= 0.3 is 6.09 Å². The number of amides is 1. The number of hydrogen-bond donors (Lipinski definition) is 1. The zero-order valence-electron chi connectivity index (χ0n) is 14.2. The molecular weight excluding hydrogens is 308 g/mol. The Hall–Kier alpha value is -2.57. The Morgan fingerprint density at radius 2 is 1.92 bits per heavy atom. The molecule has 3 rings (SSSR count). The summed E-state index contributed by atoms with van der Waals surface area (Å²) in [4.78, 5) is 22.5. The third-order valence-corrected chi connectivity index (χ3v) is 3.64. The largest absolute Gasteiger partial charge is 0.470 e. The minimum Gasteiger partial charge on any atom is -0.470 e. The SMILES string of the molecule is CC(C)(C)OC(=O)N1CC[C@H](Oc2nc3ccccc3nc2N)C1. The fourth-order valence-corrected chi connectivity index (χ4v) is 2.56. The average molecular weight is 330 g/mol. The monoisotopic (exact) mass is 330 g/mol. The van der Waals surface area contributed by atoms with E-state index in [2.05, 4.69) is 9.97 Å². The second-order valence-corrected chi connectivity index (χ2v) is 6.86. The maximum Gasteiger partial charge on any atom is 0.410 e. The summed E-state index contributed by atoms with van der Waals surface area (Å²) in [5.74, 6) is 0.564. The van der Waals surface area contributed by atoms with E-state index in [4.69, 9.17) is 15.2 Å². The molecule has 0 unspecified atom stereocenters. The van der Waals surface area contributed by atoms with Gasteiger partial charge in [-0.05, 0) is 32.9 Å². The van der Waals surface area contributed by atoms with E-state index in [9.17, 15) is 4.79 Å². The summed E-state index contributed by atoms with van der Waals surface area (Å²) in [7, 11) is 0. The zero-order valence-corrected chi connectivity index (χ0v) is 14.2. The Morgan fingerprint density at radius 3 is 2.58 bits per heavy atom. The highest BCUT2D eigenvalue weighted by Crippen LogP contribution is 2.24. The Morgan fingerprint density at radius 1 is 1.25 bits per heavy atom. The Kier molecular flexibility index (Phi) is 4.17. The van der Waals surface area contributed by atoms with Gasteiger partial charge in [0.15, 0.2) is 5.82 Å². The number of carbonyl (C=O) groups excluding carboxylic acids is 1. The molecule has 0 radical (unpaired) electrons. The molecule has 0 aliphatic carbocycles. The van der Waals surface area contributed by atoms with Crippen LogP contribution in [0.5, 0.6) is 5.88 Å². The maximum atomic E-state index is 12.1. The molecule has 7 heteroatoms. The fourth-order valence-electron chi connectivity index (χ4n) is 2.56. The summed E-state index contributed by atoms with van der Waals surface area (Å²) in [6, 6.07) is 7.47. The van der Waals surface area contributed by atoms with Gasteiger partial charge < -0.3 is 20.1 Å². The highest BCUT2D eigenvalue weighted by atomic mass is 16.6. The van der Waals surface area contributed by atoms with Crippen molar-refractivity contribution in [2.75, 3.05) is 18.8 Å². The summed E-state index contributed by atoms with van der Waals surface area (Å²) in [6.45, 7) is 6.57. The molecule has 1 saturated heterocycles. The van der Waals surface area contributed by atoms with Gasteiger partial charge in [-0.15, -0.1) is 0 Å². The normalized spacial score (nSPS) is 18.0. The average Bonchev–Trinajstić information content (AvgIpc) is 2.95. The van der Waals surface area contributed by atoms with Gasteiger partial charge in [-0.2, -0.15) is 0 Å². The molecule has 7 nitrogen and oxygen atoms in total. The van der Waals surface area contributed by atoms with E-state index in [0.717, 1.165) is 11.0 Å². The minimum atomic E-state index is -0.510. The first-order valence-electron chi connectivity index (χ1n) is 7.99. The summed E-state index contributed by atoms with van der Waals surface area (Å²) in [6.07, 6.45) is 0.203. The number of nitrogens with two attached hydrogens (primary N) is 1. The van der Waals surface area contributed by atoms with Gasteiger partial charge in [0.05, 0.1) is 17.6 Å². The van der Waals surface area contributed by atoms with Gasteiger partial charge in [-0.3, -0.25) is 0 Å². The lowest BCUT2D eigenvalue weighted by Gasteiger charge is -2.24. The number of benzene rings is 1.